The van der Waals surface area contributed by atoms with Gasteiger partial charge >= 0.3 is 6.09 Å². The van der Waals surface area contributed by atoms with Gasteiger partial charge in [0.15, 0.2) is 5.78 Å². The van der Waals surface area contributed by atoms with Crippen LogP contribution in [-0.4, -0.2) is 60.4 Å². The summed E-state index contributed by atoms with van der Waals surface area (Å²) in [5, 5.41) is 0. The number of rotatable bonds is 5. The molecule has 0 bridgehead atoms. The average Bonchev–Trinajstić information content (AvgIpc) is 2.60. The molecule has 0 spiro atoms. The first-order chi connectivity index (χ1) is 11.5. The molecule has 1 fully saturated rings. The van der Waals surface area contributed by atoms with Gasteiger partial charge in [-0.2, -0.15) is 0 Å². The van der Waals surface area contributed by atoms with Crippen LogP contribution in [0.25, 0.3) is 0 Å². The maximum Gasteiger partial charge on any atom is 0.409 e. The number of amides is 2. The van der Waals surface area contributed by atoms with E-state index in [-0.39, 0.29) is 30.6 Å². The number of nitrogens with zero attached hydrogens (tertiary/aromatic N) is 2. The maximum atomic E-state index is 12.2. The van der Waals surface area contributed by atoms with Gasteiger partial charge in [-0.3, -0.25) is 9.59 Å². The SMILES string of the molecule is CCOC(=O)N1CCN(C(=O)CCC(=O)c2ccc(N)cc2)CC1. The summed E-state index contributed by atoms with van der Waals surface area (Å²) in [6.07, 6.45) is -0.00756. The molecule has 1 aromatic carbocycles. The molecule has 24 heavy (non-hydrogen) atoms. The molecule has 0 unspecified atom stereocenters. The number of hydrogen-bond donors (Lipinski definition) is 1. The molecule has 1 aliphatic rings. The summed E-state index contributed by atoms with van der Waals surface area (Å²) in [7, 11) is 0. The molecule has 7 heteroatoms. The van der Waals surface area contributed by atoms with Crippen LogP contribution in [-0.2, 0) is 9.53 Å². The van der Waals surface area contributed by atoms with Gasteiger partial charge in [-0.05, 0) is 31.2 Å². The fraction of sp³-hybridized carbons (Fsp3) is 0.471. The highest BCUT2D eigenvalue weighted by molar-refractivity contribution is 5.98. The standard InChI is InChI=1S/C17H23N3O4/c1-2-24-17(23)20-11-9-19(10-12-20)16(22)8-7-15(21)13-3-5-14(18)6-4-13/h3-6H,2,7-12,18H2,1H3. The van der Waals surface area contributed by atoms with Gasteiger partial charge in [0.1, 0.15) is 0 Å². The lowest BCUT2D eigenvalue weighted by molar-refractivity contribution is -0.132. The molecular formula is C17H23N3O4. The van der Waals surface area contributed by atoms with E-state index in [1.165, 1.54) is 0 Å². The number of hydrogen-bond acceptors (Lipinski definition) is 5. The van der Waals surface area contributed by atoms with Gasteiger partial charge in [0.05, 0.1) is 6.61 Å². The Hall–Kier alpha value is -2.57. The lowest BCUT2D eigenvalue weighted by atomic mass is 10.1. The van der Waals surface area contributed by atoms with E-state index < -0.39 is 0 Å². The fourth-order valence-electron chi connectivity index (χ4n) is 2.55. The molecule has 0 atom stereocenters. The molecule has 1 aliphatic heterocycles. The summed E-state index contributed by atoms with van der Waals surface area (Å²) in [4.78, 5) is 39.2. The van der Waals surface area contributed by atoms with Crippen LogP contribution in [0, 0.1) is 0 Å². The Morgan fingerprint density at radius 3 is 2.17 bits per heavy atom. The fourth-order valence-corrected chi connectivity index (χ4v) is 2.55. The Labute approximate surface area is 141 Å². The second-order valence-corrected chi connectivity index (χ2v) is 5.61. The van der Waals surface area contributed by atoms with Crippen LogP contribution in [0.1, 0.15) is 30.1 Å². The van der Waals surface area contributed by atoms with E-state index >= 15 is 0 Å². The van der Waals surface area contributed by atoms with E-state index in [0.29, 0.717) is 44.0 Å². The lowest BCUT2D eigenvalue weighted by Gasteiger charge is -2.34. The van der Waals surface area contributed by atoms with Crippen molar-refractivity contribution >= 4 is 23.5 Å². The summed E-state index contributed by atoms with van der Waals surface area (Å²) in [6, 6.07) is 6.67. The number of carbonyl (C=O) groups is 3. The molecule has 0 aliphatic carbocycles. The second-order valence-electron chi connectivity index (χ2n) is 5.61. The van der Waals surface area contributed by atoms with Crippen LogP contribution in [0.5, 0.6) is 0 Å². The van der Waals surface area contributed by atoms with Gasteiger partial charge in [0.25, 0.3) is 0 Å². The largest absolute Gasteiger partial charge is 0.450 e. The van der Waals surface area contributed by atoms with Crippen molar-refractivity contribution in [3.05, 3.63) is 29.8 Å². The minimum atomic E-state index is -0.344. The molecular weight excluding hydrogens is 310 g/mol. The third kappa shape index (κ3) is 4.71. The quantitative estimate of drug-likeness (QED) is 0.651. The Bertz CT molecular complexity index is 592. The van der Waals surface area contributed by atoms with Crippen molar-refractivity contribution in [1.82, 2.24) is 9.80 Å². The third-order valence-electron chi connectivity index (χ3n) is 3.96. The van der Waals surface area contributed by atoms with Gasteiger partial charge in [-0.15, -0.1) is 0 Å². The Morgan fingerprint density at radius 2 is 1.58 bits per heavy atom. The van der Waals surface area contributed by atoms with Crippen molar-refractivity contribution in [1.29, 1.82) is 0 Å². The summed E-state index contributed by atoms with van der Waals surface area (Å²) in [5.74, 6) is -0.143. The summed E-state index contributed by atoms with van der Waals surface area (Å²) in [6.45, 7) is 3.94. The zero-order valence-electron chi connectivity index (χ0n) is 13.9. The molecule has 1 saturated heterocycles. The van der Waals surface area contributed by atoms with Crippen LogP contribution in [0.15, 0.2) is 24.3 Å². The van der Waals surface area contributed by atoms with Crippen LogP contribution in [0.4, 0.5) is 10.5 Å². The van der Waals surface area contributed by atoms with E-state index in [0.717, 1.165) is 0 Å². The van der Waals surface area contributed by atoms with Crippen LogP contribution >= 0.6 is 0 Å². The topological polar surface area (TPSA) is 92.9 Å². The van der Waals surface area contributed by atoms with E-state index in [1.54, 1.807) is 41.0 Å². The van der Waals surface area contributed by atoms with Crippen molar-refractivity contribution in [3.63, 3.8) is 0 Å². The number of nitrogen functional groups attached to an aromatic ring is 1. The highest BCUT2D eigenvalue weighted by Crippen LogP contribution is 2.11. The Balaban J connectivity index is 1.76. The van der Waals surface area contributed by atoms with Crippen molar-refractivity contribution < 1.29 is 19.1 Å². The van der Waals surface area contributed by atoms with Gasteiger partial charge < -0.3 is 20.3 Å². The summed E-state index contributed by atoms with van der Waals surface area (Å²) in [5.41, 5.74) is 6.75. The molecule has 0 saturated carbocycles. The second kappa shape index (κ2) is 8.33. The highest BCUT2D eigenvalue weighted by Gasteiger charge is 2.24. The number of nitrogens with two attached hydrogens (primary N) is 1. The lowest BCUT2D eigenvalue weighted by Crippen LogP contribution is -2.50. The van der Waals surface area contributed by atoms with E-state index in [1.807, 2.05) is 0 Å². The van der Waals surface area contributed by atoms with E-state index in [2.05, 4.69) is 0 Å². The minimum absolute atomic E-state index is 0.0673. The zero-order chi connectivity index (χ0) is 17.5. The normalized spacial score (nSPS) is 14.4. The summed E-state index contributed by atoms with van der Waals surface area (Å²) < 4.78 is 4.94. The molecule has 1 heterocycles. The van der Waals surface area contributed by atoms with E-state index in [4.69, 9.17) is 10.5 Å². The number of ketones is 1. The first kappa shape index (κ1) is 17.8. The molecule has 0 radical (unpaired) electrons. The van der Waals surface area contributed by atoms with Gasteiger partial charge in [-0.1, -0.05) is 0 Å². The smallest absolute Gasteiger partial charge is 0.409 e. The number of carbonyl (C=O) groups excluding carboxylic acids is 3. The molecule has 2 amide bonds. The molecule has 1 aromatic rings. The van der Waals surface area contributed by atoms with Gasteiger partial charge in [0.2, 0.25) is 5.91 Å². The number of ether oxygens (including phenoxy) is 1. The van der Waals surface area contributed by atoms with Crippen molar-refractivity contribution in [2.24, 2.45) is 0 Å². The van der Waals surface area contributed by atoms with E-state index in [9.17, 15) is 14.4 Å². The highest BCUT2D eigenvalue weighted by atomic mass is 16.6. The molecule has 2 N–H and O–H groups in total. The van der Waals surface area contributed by atoms with Gasteiger partial charge in [0, 0.05) is 50.3 Å². The molecule has 7 nitrogen and oxygen atoms in total. The number of benzene rings is 1. The average molecular weight is 333 g/mol. The van der Waals surface area contributed by atoms with Gasteiger partial charge in [-0.25, -0.2) is 4.79 Å². The number of piperazine rings is 1. The zero-order valence-corrected chi connectivity index (χ0v) is 13.9. The maximum absolute atomic E-state index is 12.2. The first-order valence-electron chi connectivity index (χ1n) is 8.09. The van der Waals surface area contributed by atoms with Crippen molar-refractivity contribution in [2.75, 3.05) is 38.5 Å². The molecule has 2 rings (SSSR count). The van der Waals surface area contributed by atoms with Crippen LogP contribution in [0.3, 0.4) is 0 Å². The predicted octanol–water partition coefficient (Wildman–Crippen LogP) is 1.53. The molecule has 130 valence electrons. The number of Topliss-reactive ketones (excluding diaryl/α,β-unsaturated/α-hetero) is 1. The summed E-state index contributed by atoms with van der Waals surface area (Å²) >= 11 is 0. The minimum Gasteiger partial charge on any atom is -0.450 e. The Kier molecular flexibility index (Phi) is 6.17. The monoisotopic (exact) mass is 333 g/mol. The predicted molar refractivity (Wildman–Crippen MR) is 89.6 cm³/mol. The van der Waals surface area contributed by atoms with Crippen molar-refractivity contribution in [3.8, 4) is 0 Å². The van der Waals surface area contributed by atoms with Crippen LogP contribution < -0.4 is 5.73 Å². The van der Waals surface area contributed by atoms with Crippen LogP contribution in [0.2, 0.25) is 0 Å². The third-order valence-corrected chi connectivity index (χ3v) is 3.96. The number of anilines is 1. The molecule has 0 aromatic heterocycles. The first-order valence-corrected chi connectivity index (χ1v) is 8.09. The van der Waals surface area contributed by atoms with Crippen molar-refractivity contribution in [2.45, 2.75) is 19.8 Å². The Morgan fingerprint density at radius 1 is 1.00 bits per heavy atom.